The predicted molar refractivity (Wildman–Crippen MR) is 95.4 cm³/mol. The summed E-state index contributed by atoms with van der Waals surface area (Å²) in [6.07, 6.45) is 2.82. The summed E-state index contributed by atoms with van der Waals surface area (Å²) in [5.74, 6) is 1.17. The molecule has 1 aromatic carbocycles. The highest BCUT2D eigenvalue weighted by molar-refractivity contribution is 7.89. The third-order valence-electron chi connectivity index (χ3n) is 4.21. The molecule has 0 spiro atoms. The molecule has 1 aliphatic heterocycles. The first kappa shape index (κ1) is 18.1. The SMILES string of the molecule is Cc1nccc(OC2CCN(S(=O)(=O)c3cc(Cl)ccc3C)CC2)n1. The molecule has 0 saturated carbocycles. The van der Waals surface area contributed by atoms with Crippen LogP contribution in [-0.2, 0) is 10.0 Å². The van der Waals surface area contributed by atoms with Crippen molar-refractivity contribution in [3.8, 4) is 5.88 Å². The summed E-state index contributed by atoms with van der Waals surface area (Å²) < 4.78 is 33.1. The second-order valence-electron chi connectivity index (χ2n) is 6.07. The fourth-order valence-corrected chi connectivity index (χ4v) is 4.81. The van der Waals surface area contributed by atoms with Crippen LogP contribution in [0.15, 0.2) is 35.4 Å². The molecule has 0 bridgehead atoms. The van der Waals surface area contributed by atoms with Gasteiger partial charge in [-0.2, -0.15) is 9.29 Å². The van der Waals surface area contributed by atoms with Gasteiger partial charge in [0.1, 0.15) is 11.9 Å². The van der Waals surface area contributed by atoms with Crippen molar-refractivity contribution in [3.63, 3.8) is 0 Å². The van der Waals surface area contributed by atoms with Crippen molar-refractivity contribution in [1.82, 2.24) is 14.3 Å². The summed E-state index contributed by atoms with van der Waals surface area (Å²) in [6.45, 7) is 4.39. The zero-order chi connectivity index (χ0) is 18.0. The molecule has 8 heteroatoms. The maximum Gasteiger partial charge on any atom is 0.243 e. The Hall–Kier alpha value is -1.70. The van der Waals surface area contributed by atoms with Crippen molar-refractivity contribution in [1.29, 1.82) is 0 Å². The third-order valence-corrected chi connectivity index (χ3v) is 6.48. The highest BCUT2D eigenvalue weighted by Crippen LogP contribution is 2.27. The molecule has 25 heavy (non-hydrogen) atoms. The summed E-state index contributed by atoms with van der Waals surface area (Å²) in [4.78, 5) is 8.53. The Labute approximate surface area is 152 Å². The lowest BCUT2D eigenvalue weighted by Gasteiger charge is -2.31. The zero-order valence-corrected chi connectivity index (χ0v) is 15.7. The smallest absolute Gasteiger partial charge is 0.243 e. The van der Waals surface area contributed by atoms with Gasteiger partial charge in [-0.05, 0) is 44.4 Å². The van der Waals surface area contributed by atoms with Gasteiger partial charge in [-0.25, -0.2) is 13.4 Å². The molecule has 1 saturated heterocycles. The van der Waals surface area contributed by atoms with Crippen molar-refractivity contribution >= 4 is 21.6 Å². The zero-order valence-electron chi connectivity index (χ0n) is 14.1. The van der Waals surface area contributed by atoms with Crippen LogP contribution in [0.5, 0.6) is 5.88 Å². The fourth-order valence-electron chi connectivity index (χ4n) is 2.85. The van der Waals surface area contributed by atoms with Crippen LogP contribution in [0.1, 0.15) is 24.2 Å². The minimum atomic E-state index is -3.55. The van der Waals surface area contributed by atoms with Gasteiger partial charge in [0.05, 0.1) is 4.90 Å². The van der Waals surface area contributed by atoms with E-state index in [1.807, 2.05) is 0 Å². The molecule has 0 aliphatic carbocycles. The number of halogens is 1. The number of hydrogen-bond donors (Lipinski definition) is 0. The van der Waals surface area contributed by atoms with E-state index >= 15 is 0 Å². The Morgan fingerprint density at radius 2 is 1.92 bits per heavy atom. The lowest BCUT2D eigenvalue weighted by molar-refractivity contribution is 0.129. The molecule has 0 N–H and O–H groups in total. The van der Waals surface area contributed by atoms with Gasteiger partial charge in [0, 0.05) is 30.4 Å². The molecule has 1 aliphatic rings. The van der Waals surface area contributed by atoms with Gasteiger partial charge < -0.3 is 4.74 Å². The van der Waals surface area contributed by atoms with E-state index in [0.717, 1.165) is 0 Å². The first-order valence-electron chi connectivity index (χ1n) is 8.09. The molecule has 0 radical (unpaired) electrons. The second-order valence-corrected chi connectivity index (χ2v) is 8.42. The number of ether oxygens (including phenoxy) is 1. The Bertz CT molecular complexity index is 865. The molecule has 2 aromatic rings. The number of rotatable bonds is 4. The Kier molecular flexibility index (Phi) is 5.27. The molecule has 2 heterocycles. The second kappa shape index (κ2) is 7.27. The molecule has 0 atom stereocenters. The maximum atomic E-state index is 12.9. The average molecular weight is 382 g/mol. The molecule has 3 rings (SSSR count). The molecule has 6 nitrogen and oxygen atoms in total. The van der Waals surface area contributed by atoms with Gasteiger partial charge in [-0.1, -0.05) is 17.7 Å². The van der Waals surface area contributed by atoms with E-state index < -0.39 is 10.0 Å². The standard InChI is InChI=1S/C17H20ClN3O3S/c1-12-3-4-14(18)11-16(12)25(22,23)21-9-6-15(7-10-21)24-17-5-8-19-13(2)20-17/h3-5,8,11,15H,6-7,9-10H2,1-2H3. The van der Waals surface area contributed by atoms with Crippen molar-refractivity contribution in [3.05, 3.63) is 46.9 Å². The normalized spacial score (nSPS) is 16.8. The van der Waals surface area contributed by atoms with Crippen molar-refractivity contribution in [2.75, 3.05) is 13.1 Å². The van der Waals surface area contributed by atoms with Crippen LogP contribution >= 0.6 is 11.6 Å². The van der Waals surface area contributed by atoms with E-state index in [9.17, 15) is 8.42 Å². The van der Waals surface area contributed by atoms with E-state index in [4.69, 9.17) is 16.3 Å². The molecule has 0 amide bonds. The lowest BCUT2D eigenvalue weighted by atomic mass is 10.1. The van der Waals surface area contributed by atoms with Crippen LogP contribution in [0.25, 0.3) is 0 Å². The molecular weight excluding hydrogens is 362 g/mol. The molecule has 0 unspecified atom stereocenters. The summed E-state index contributed by atoms with van der Waals surface area (Å²) >= 11 is 5.97. The van der Waals surface area contributed by atoms with Gasteiger partial charge in [-0.3, -0.25) is 0 Å². The van der Waals surface area contributed by atoms with Crippen molar-refractivity contribution < 1.29 is 13.2 Å². The van der Waals surface area contributed by atoms with Crippen LogP contribution in [-0.4, -0.2) is 41.9 Å². The van der Waals surface area contributed by atoms with Gasteiger partial charge in [-0.15, -0.1) is 0 Å². The monoisotopic (exact) mass is 381 g/mol. The van der Waals surface area contributed by atoms with Crippen LogP contribution in [0, 0.1) is 13.8 Å². The van der Waals surface area contributed by atoms with Crippen molar-refractivity contribution in [2.45, 2.75) is 37.7 Å². The molecule has 1 fully saturated rings. The van der Waals surface area contributed by atoms with E-state index in [1.54, 1.807) is 38.2 Å². The summed E-state index contributed by atoms with van der Waals surface area (Å²) in [7, 11) is -3.55. The number of aromatic nitrogens is 2. The number of piperidine rings is 1. The Morgan fingerprint density at radius 3 is 2.60 bits per heavy atom. The van der Waals surface area contributed by atoms with E-state index in [-0.39, 0.29) is 11.0 Å². The summed E-state index contributed by atoms with van der Waals surface area (Å²) in [6, 6.07) is 6.64. The maximum absolute atomic E-state index is 12.9. The van der Waals surface area contributed by atoms with Crippen LogP contribution < -0.4 is 4.74 Å². The van der Waals surface area contributed by atoms with Crippen LogP contribution in [0.3, 0.4) is 0 Å². The predicted octanol–water partition coefficient (Wildman–Crippen LogP) is 2.98. The lowest BCUT2D eigenvalue weighted by Crippen LogP contribution is -2.42. The van der Waals surface area contributed by atoms with Gasteiger partial charge in [0.25, 0.3) is 0 Å². The Balaban J connectivity index is 1.68. The quantitative estimate of drug-likeness (QED) is 0.814. The first-order chi connectivity index (χ1) is 11.9. The number of aryl methyl sites for hydroxylation is 2. The average Bonchev–Trinajstić information content (AvgIpc) is 2.57. The number of benzene rings is 1. The fraction of sp³-hybridized carbons (Fsp3) is 0.412. The van der Waals surface area contributed by atoms with Gasteiger partial charge in [0.2, 0.25) is 15.9 Å². The summed E-state index contributed by atoms with van der Waals surface area (Å²) in [5.41, 5.74) is 0.694. The van der Waals surface area contributed by atoms with Crippen molar-refractivity contribution in [2.24, 2.45) is 0 Å². The molecule has 134 valence electrons. The highest BCUT2D eigenvalue weighted by atomic mass is 35.5. The van der Waals surface area contributed by atoms with Crippen LogP contribution in [0.4, 0.5) is 0 Å². The van der Waals surface area contributed by atoms with Crippen LogP contribution in [0.2, 0.25) is 5.02 Å². The number of nitrogens with zero attached hydrogens (tertiary/aromatic N) is 3. The third kappa shape index (κ3) is 4.11. The highest BCUT2D eigenvalue weighted by Gasteiger charge is 2.31. The molecular formula is C17H20ClN3O3S. The summed E-state index contributed by atoms with van der Waals surface area (Å²) in [5, 5.41) is 0.418. The van der Waals surface area contributed by atoms with Gasteiger partial charge in [0.15, 0.2) is 0 Å². The first-order valence-corrected chi connectivity index (χ1v) is 9.90. The topological polar surface area (TPSA) is 72.4 Å². The minimum Gasteiger partial charge on any atom is -0.474 e. The van der Waals surface area contributed by atoms with E-state index in [2.05, 4.69) is 9.97 Å². The van der Waals surface area contributed by atoms with E-state index in [1.165, 1.54) is 10.4 Å². The minimum absolute atomic E-state index is 0.0544. The van der Waals surface area contributed by atoms with Gasteiger partial charge >= 0.3 is 0 Å². The number of hydrogen-bond acceptors (Lipinski definition) is 5. The Morgan fingerprint density at radius 1 is 1.20 bits per heavy atom. The van der Waals surface area contributed by atoms with E-state index in [0.29, 0.717) is 48.2 Å². The largest absolute Gasteiger partial charge is 0.474 e. The molecule has 1 aromatic heterocycles. The number of sulfonamides is 1.